The van der Waals surface area contributed by atoms with Gasteiger partial charge in [0.2, 0.25) is 0 Å². The maximum atomic E-state index is 11.7. The zero-order chi connectivity index (χ0) is 12.0. The number of hydrogen-bond acceptors (Lipinski definition) is 4. The molecule has 0 amide bonds. The second-order valence-corrected chi connectivity index (χ2v) is 3.82. The van der Waals surface area contributed by atoms with Crippen LogP contribution in [-0.4, -0.2) is 29.9 Å². The van der Waals surface area contributed by atoms with E-state index in [4.69, 9.17) is 4.74 Å². The highest BCUT2D eigenvalue weighted by Crippen LogP contribution is 2.16. The van der Waals surface area contributed by atoms with Gasteiger partial charge in [0.05, 0.1) is 12.3 Å². The van der Waals surface area contributed by atoms with Gasteiger partial charge in [-0.2, -0.15) is 0 Å². The molecule has 1 rings (SSSR count). The number of carbonyl (C=O) groups excluding carboxylic acids is 1. The molecule has 0 atom stereocenters. The Morgan fingerprint density at radius 3 is 2.81 bits per heavy atom. The second kappa shape index (κ2) is 6.30. The van der Waals surface area contributed by atoms with E-state index in [1.807, 2.05) is 0 Å². The summed E-state index contributed by atoms with van der Waals surface area (Å²) in [7, 11) is 0. The van der Waals surface area contributed by atoms with Gasteiger partial charge in [-0.25, -0.2) is 4.79 Å². The van der Waals surface area contributed by atoms with E-state index in [0.29, 0.717) is 12.3 Å². The normalized spacial score (nSPS) is 18.2. The molecule has 0 saturated carbocycles. The third-order valence-corrected chi connectivity index (χ3v) is 2.50. The second-order valence-electron chi connectivity index (χ2n) is 3.82. The summed E-state index contributed by atoms with van der Waals surface area (Å²) in [6, 6.07) is 0. The number of carbonyl (C=O) groups is 1. The van der Waals surface area contributed by atoms with Crippen LogP contribution in [0.1, 0.15) is 39.5 Å². The van der Waals surface area contributed by atoms with Crippen molar-refractivity contribution in [2.75, 3.05) is 13.2 Å². The predicted octanol–water partition coefficient (Wildman–Crippen LogP) is 2.40. The van der Waals surface area contributed by atoms with Gasteiger partial charge in [-0.15, -0.1) is 0 Å². The standard InChI is InChI=1S/C12H19NO3/c1-3-16-12(15)11(9(2)14)10-7-5-4-6-8-13-10/h14H,3-8H2,1-2H3/b11-9+. The number of esters is 1. The lowest BCUT2D eigenvalue weighted by molar-refractivity contribution is -0.138. The Balaban J connectivity index is 2.89. The van der Waals surface area contributed by atoms with Crippen LogP contribution in [0.2, 0.25) is 0 Å². The van der Waals surface area contributed by atoms with Crippen molar-refractivity contribution in [1.82, 2.24) is 0 Å². The third-order valence-electron chi connectivity index (χ3n) is 2.50. The highest BCUT2D eigenvalue weighted by Gasteiger charge is 2.21. The molecule has 4 heteroatoms. The van der Waals surface area contributed by atoms with E-state index >= 15 is 0 Å². The number of rotatable bonds is 3. The Morgan fingerprint density at radius 2 is 2.19 bits per heavy atom. The van der Waals surface area contributed by atoms with Crippen molar-refractivity contribution in [2.24, 2.45) is 4.99 Å². The van der Waals surface area contributed by atoms with Crippen molar-refractivity contribution in [2.45, 2.75) is 39.5 Å². The van der Waals surface area contributed by atoms with Crippen LogP contribution in [0.5, 0.6) is 0 Å². The largest absolute Gasteiger partial charge is 0.512 e. The summed E-state index contributed by atoms with van der Waals surface area (Å²) in [6.45, 7) is 4.28. The molecule has 0 unspecified atom stereocenters. The molecule has 0 radical (unpaired) electrons. The average Bonchev–Trinajstić information content (AvgIpc) is 2.46. The summed E-state index contributed by atoms with van der Waals surface area (Å²) in [4.78, 5) is 16.0. The molecule has 16 heavy (non-hydrogen) atoms. The quantitative estimate of drug-likeness (QED) is 0.456. The van der Waals surface area contributed by atoms with Crippen molar-refractivity contribution < 1.29 is 14.6 Å². The molecule has 1 N–H and O–H groups in total. The zero-order valence-corrected chi connectivity index (χ0v) is 9.95. The summed E-state index contributed by atoms with van der Waals surface area (Å²) in [5.74, 6) is -0.470. The molecular weight excluding hydrogens is 206 g/mol. The number of allylic oxidation sites excluding steroid dienone is 1. The van der Waals surface area contributed by atoms with E-state index in [-0.39, 0.29) is 11.3 Å². The molecule has 0 aliphatic carbocycles. The molecule has 0 fully saturated rings. The molecule has 1 heterocycles. The lowest BCUT2D eigenvalue weighted by atomic mass is 10.0. The Hall–Kier alpha value is -1.32. The maximum Gasteiger partial charge on any atom is 0.343 e. The summed E-state index contributed by atoms with van der Waals surface area (Å²) in [6.07, 6.45) is 3.92. The van der Waals surface area contributed by atoms with E-state index in [9.17, 15) is 9.90 Å². The Kier molecular flexibility index (Phi) is 5.02. The lowest BCUT2D eigenvalue weighted by Crippen LogP contribution is -2.18. The van der Waals surface area contributed by atoms with Gasteiger partial charge in [-0.1, -0.05) is 6.42 Å². The number of aliphatic hydroxyl groups excluding tert-OH is 1. The summed E-state index contributed by atoms with van der Waals surface area (Å²) >= 11 is 0. The molecule has 0 bridgehead atoms. The molecule has 1 aliphatic heterocycles. The fourth-order valence-corrected chi connectivity index (χ4v) is 1.76. The SMILES string of the molecule is CCOC(=O)/C(C1=NCCCCC1)=C(\C)O. The molecular formula is C12H19NO3. The number of nitrogens with zero attached hydrogens (tertiary/aromatic N) is 1. The lowest BCUT2D eigenvalue weighted by Gasteiger charge is -2.09. The van der Waals surface area contributed by atoms with Crippen molar-refractivity contribution in [3.8, 4) is 0 Å². The fourth-order valence-electron chi connectivity index (χ4n) is 1.76. The van der Waals surface area contributed by atoms with Gasteiger partial charge in [0.15, 0.2) is 0 Å². The first-order valence-electron chi connectivity index (χ1n) is 5.77. The smallest absolute Gasteiger partial charge is 0.343 e. The molecule has 0 aromatic rings. The zero-order valence-electron chi connectivity index (χ0n) is 9.95. The average molecular weight is 225 g/mol. The molecule has 0 saturated heterocycles. The minimum absolute atomic E-state index is 0.000833. The Bertz CT molecular complexity index is 314. The van der Waals surface area contributed by atoms with Gasteiger partial charge in [0, 0.05) is 6.54 Å². The molecule has 1 aliphatic rings. The van der Waals surface area contributed by atoms with Crippen LogP contribution in [0.4, 0.5) is 0 Å². The van der Waals surface area contributed by atoms with E-state index in [1.54, 1.807) is 6.92 Å². The van der Waals surface area contributed by atoms with Crippen molar-refractivity contribution in [3.05, 3.63) is 11.3 Å². The number of hydrogen-bond donors (Lipinski definition) is 1. The number of ether oxygens (including phenoxy) is 1. The van der Waals surface area contributed by atoms with Gasteiger partial charge >= 0.3 is 5.97 Å². The van der Waals surface area contributed by atoms with E-state index in [2.05, 4.69) is 4.99 Å². The van der Waals surface area contributed by atoms with Crippen molar-refractivity contribution in [3.63, 3.8) is 0 Å². The molecule has 0 spiro atoms. The fraction of sp³-hybridized carbons (Fsp3) is 0.667. The maximum absolute atomic E-state index is 11.7. The van der Waals surface area contributed by atoms with Gasteiger partial charge in [0.25, 0.3) is 0 Å². The van der Waals surface area contributed by atoms with Crippen LogP contribution in [0.3, 0.4) is 0 Å². The van der Waals surface area contributed by atoms with Gasteiger partial charge in [-0.05, 0) is 33.1 Å². The Labute approximate surface area is 96.0 Å². The first-order chi connectivity index (χ1) is 7.66. The van der Waals surface area contributed by atoms with Gasteiger partial charge in [0.1, 0.15) is 11.3 Å². The van der Waals surface area contributed by atoms with E-state index in [0.717, 1.165) is 32.2 Å². The molecule has 90 valence electrons. The molecule has 0 aromatic heterocycles. The van der Waals surface area contributed by atoms with Crippen LogP contribution in [0.15, 0.2) is 16.3 Å². The Morgan fingerprint density at radius 1 is 1.44 bits per heavy atom. The summed E-state index contributed by atoms with van der Waals surface area (Å²) in [5.41, 5.74) is 0.944. The van der Waals surface area contributed by atoms with Gasteiger partial charge in [-0.3, -0.25) is 4.99 Å². The third kappa shape index (κ3) is 3.36. The highest BCUT2D eigenvalue weighted by atomic mass is 16.5. The van der Waals surface area contributed by atoms with Crippen LogP contribution >= 0.6 is 0 Å². The van der Waals surface area contributed by atoms with Crippen molar-refractivity contribution in [1.29, 1.82) is 0 Å². The van der Waals surface area contributed by atoms with Crippen LogP contribution in [-0.2, 0) is 9.53 Å². The van der Waals surface area contributed by atoms with Crippen LogP contribution in [0, 0.1) is 0 Å². The molecule has 4 nitrogen and oxygen atoms in total. The van der Waals surface area contributed by atoms with Crippen LogP contribution < -0.4 is 0 Å². The minimum atomic E-state index is -0.469. The predicted molar refractivity (Wildman–Crippen MR) is 62.7 cm³/mol. The first kappa shape index (κ1) is 12.7. The number of aliphatic imine (C=N–C) groups is 1. The van der Waals surface area contributed by atoms with E-state index in [1.165, 1.54) is 6.92 Å². The first-order valence-corrected chi connectivity index (χ1v) is 5.77. The highest BCUT2D eigenvalue weighted by molar-refractivity contribution is 6.20. The number of aliphatic hydroxyl groups is 1. The molecule has 0 aromatic carbocycles. The summed E-state index contributed by atoms with van der Waals surface area (Å²) < 4.78 is 4.92. The van der Waals surface area contributed by atoms with Crippen LogP contribution in [0.25, 0.3) is 0 Å². The monoisotopic (exact) mass is 225 g/mol. The van der Waals surface area contributed by atoms with Gasteiger partial charge < -0.3 is 9.84 Å². The topological polar surface area (TPSA) is 58.9 Å². The van der Waals surface area contributed by atoms with E-state index < -0.39 is 5.97 Å². The minimum Gasteiger partial charge on any atom is -0.512 e. The summed E-state index contributed by atoms with van der Waals surface area (Å²) in [5, 5.41) is 9.55. The van der Waals surface area contributed by atoms with Crippen molar-refractivity contribution >= 4 is 11.7 Å².